The minimum atomic E-state index is -0.288. The molecule has 4 N–H and O–H groups in total. The maximum absolute atomic E-state index is 10.3. The van der Waals surface area contributed by atoms with Crippen LogP contribution in [0.2, 0.25) is 0 Å². The number of rotatable bonds is 9. The summed E-state index contributed by atoms with van der Waals surface area (Å²) >= 11 is 0. The molecule has 0 bridgehead atoms. The summed E-state index contributed by atoms with van der Waals surface area (Å²) in [6.07, 6.45) is 1.25. The van der Waals surface area contributed by atoms with Gasteiger partial charge < -0.3 is 20.9 Å². The number of carbonyl (C=O) groups is 1. The van der Waals surface area contributed by atoms with Gasteiger partial charge in [-0.3, -0.25) is 4.79 Å². The van der Waals surface area contributed by atoms with E-state index in [2.05, 4.69) is 5.32 Å². The number of ether oxygens (including phenoxy) is 1. The molecule has 0 saturated heterocycles. The Kier molecular flexibility index (Phi) is 8.97. The fraction of sp³-hybridized carbons (Fsp3) is 0.875. The third-order valence-corrected chi connectivity index (χ3v) is 1.43. The fourth-order valence-corrected chi connectivity index (χ4v) is 0.802. The Hall–Kier alpha value is -0.650. The van der Waals surface area contributed by atoms with E-state index in [1.54, 1.807) is 0 Å². The standard InChI is InChI=1S/C8H18N2O3/c9-8(12)2-4-10-3-1-6-13-7-5-11/h10-11H,1-7H2,(H2,9,12). The van der Waals surface area contributed by atoms with Crippen molar-refractivity contribution in [2.75, 3.05) is 32.9 Å². The molecule has 78 valence electrons. The van der Waals surface area contributed by atoms with Crippen LogP contribution in [0.15, 0.2) is 0 Å². The van der Waals surface area contributed by atoms with Gasteiger partial charge in [-0.15, -0.1) is 0 Å². The van der Waals surface area contributed by atoms with E-state index in [4.69, 9.17) is 15.6 Å². The maximum Gasteiger partial charge on any atom is 0.218 e. The number of hydrogen-bond donors (Lipinski definition) is 3. The quantitative estimate of drug-likeness (QED) is 0.401. The van der Waals surface area contributed by atoms with E-state index in [1.165, 1.54) is 0 Å². The number of hydrogen-bond acceptors (Lipinski definition) is 4. The highest BCUT2D eigenvalue weighted by molar-refractivity contribution is 5.73. The summed E-state index contributed by atoms with van der Waals surface area (Å²) in [5.41, 5.74) is 4.94. The lowest BCUT2D eigenvalue weighted by Crippen LogP contribution is -2.23. The lowest BCUT2D eigenvalue weighted by atomic mass is 10.4. The molecule has 0 fully saturated rings. The third-order valence-electron chi connectivity index (χ3n) is 1.43. The van der Waals surface area contributed by atoms with Crippen LogP contribution in [0.3, 0.4) is 0 Å². The Morgan fingerprint density at radius 2 is 2.15 bits per heavy atom. The number of aliphatic hydroxyl groups excluding tert-OH is 1. The monoisotopic (exact) mass is 190 g/mol. The van der Waals surface area contributed by atoms with Crippen LogP contribution >= 0.6 is 0 Å². The minimum Gasteiger partial charge on any atom is -0.394 e. The summed E-state index contributed by atoms with van der Waals surface area (Å²) in [5, 5.41) is 11.4. The molecule has 0 rings (SSSR count). The number of primary amides is 1. The average Bonchev–Trinajstić information content (AvgIpc) is 2.09. The molecule has 0 aliphatic heterocycles. The van der Waals surface area contributed by atoms with Crippen LogP contribution in [-0.4, -0.2) is 43.9 Å². The summed E-state index contributed by atoms with van der Waals surface area (Å²) in [5.74, 6) is -0.288. The number of nitrogens with one attached hydrogen (secondary N) is 1. The molecule has 0 aromatic carbocycles. The van der Waals surface area contributed by atoms with Crippen molar-refractivity contribution in [2.24, 2.45) is 5.73 Å². The van der Waals surface area contributed by atoms with Crippen LogP contribution in [0.1, 0.15) is 12.8 Å². The van der Waals surface area contributed by atoms with Crippen molar-refractivity contribution < 1.29 is 14.6 Å². The maximum atomic E-state index is 10.3. The Bertz CT molecular complexity index is 131. The highest BCUT2D eigenvalue weighted by Gasteiger charge is 1.93. The molecule has 0 unspecified atom stereocenters. The third kappa shape index (κ3) is 11.3. The fourth-order valence-electron chi connectivity index (χ4n) is 0.802. The summed E-state index contributed by atoms with van der Waals surface area (Å²) in [6.45, 7) is 2.51. The van der Waals surface area contributed by atoms with Crippen LogP contribution in [0, 0.1) is 0 Å². The van der Waals surface area contributed by atoms with Gasteiger partial charge in [0.2, 0.25) is 5.91 Å². The molecule has 0 spiro atoms. The van der Waals surface area contributed by atoms with Crippen LogP contribution in [0.25, 0.3) is 0 Å². The first-order valence-electron chi connectivity index (χ1n) is 4.45. The second-order valence-corrected chi connectivity index (χ2v) is 2.66. The summed E-state index contributed by atoms with van der Waals surface area (Å²) < 4.78 is 5.03. The highest BCUT2D eigenvalue weighted by atomic mass is 16.5. The van der Waals surface area contributed by atoms with Gasteiger partial charge in [0, 0.05) is 19.6 Å². The molecule has 5 heteroatoms. The number of nitrogens with two attached hydrogens (primary N) is 1. The first kappa shape index (κ1) is 12.3. The summed E-state index contributed by atoms with van der Waals surface area (Å²) in [6, 6.07) is 0. The van der Waals surface area contributed by atoms with Crippen LogP contribution in [0.4, 0.5) is 0 Å². The molecule has 0 heterocycles. The molecule has 0 atom stereocenters. The van der Waals surface area contributed by atoms with Gasteiger partial charge in [0.05, 0.1) is 13.2 Å². The Morgan fingerprint density at radius 3 is 2.77 bits per heavy atom. The normalized spacial score (nSPS) is 10.2. The summed E-state index contributed by atoms with van der Waals surface area (Å²) in [4.78, 5) is 10.3. The second-order valence-electron chi connectivity index (χ2n) is 2.66. The molecule has 0 aromatic heterocycles. The largest absolute Gasteiger partial charge is 0.394 e. The Morgan fingerprint density at radius 1 is 1.38 bits per heavy atom. The van der Waals surface area contributed by atoms with Gasteiger partial charge in [0.15, 0.2) is 0 Å². The lowest BCUT2D eigenvalue weighted by molar-refractivity contribution is -0.117. The zero-order valence-electron chi connectivity index (χ0n) is 7.79. The first-order chi connectivity index (χ1) is 6.27. The number of amides is 1. The van der Waals surface area contributed by atoms with E-state index in [-0.39, 0.29) is 12.5 Å². The SMILES string of the molecule is NC(=O)CCNCCCOCCO. The van der Waals surface area contributed by atoms with Crippen molar-refractivity contribution in [1.29, 1.82) is 0 Å². The van der Waals surface area contributed by atoms with Gasteiger partial charge in [-0.2, -0.15) is 0 Å². The van der Waals surface area contributed by atoms with Gasteiger partial charge in [0.1, 0.15) is 0 Å². The summed E-state index contributed by atoms with van der Waals surface area (Å²) in [7, 11) is 0. The molecule has 0 saturated carbocycles. The van der Waals surface area contributed by atoms with E-state index < -0.39 is 0 Å². The molecule has 0 aliphatic rings. The van der Waals surface area contributed by atoms with Crippen LogP contribution < -0.4 is 11.1 Å². The molecule has 5 nitrogen and oxygen atoms in total. The molecular formula is C8H18N2O3. The van der Waals surface area contributed by atoms with E-state index in [9.17, 15) is 4.79 Å². The van der Waals surface area contributed by atoms with Crippen molar-refractivity contribution in [3.63, 3.8) is 0 Å². The minimum absolute atomic E-state index is 0.0646. The highest BCUT2D eigenvalue weighted by Crippen LogP contribution is 1.81. The first-order valence-corrected chi connectivity index (χ1v) is 4.45. The molecule has 1 amide bonds. The predicted molar refractivity (Wildman–Crippen MR) is 49.2 cm³/mol. The van der Waals surface area contributed by atoms with Crippen molar-refractivity contribution in [1.82, 2.24) is 5.32 Å². The topological polar surface area (TPSA) is 84.6 Å². The van der Waals surface area contributed by atoms with Crippen molar-refractivity contribution in [3.8, 4) is 0 Å². The van der Waals surface area contributed by atoms with Gasteiger partial charge in [-0.1, -0.05) is 0 Å². The number of carbonyl (C=O) groups excluding carboxylic acids is 1. The molecular weight excluding hydrogens is 172 g/mol. The van der Waals surface area contributed by atoms with Crippen molar-refractivity contribution >= 4 is 5.91 Å². The van der Waals surface area contributed by atoms with E-state index in [1.807, 2.05) is 0 Å². The van der Waals surface area contributed by atoms with Gasteiger partial charge >= 0.3 is 0 Å². The zero-order valence-corrected chi connectivity index (χ0v) is 7.79. The zero-order chi connectivity index (χ0) is 9.94. The smallest absolute Gasteiger partial charge is 0.218 e. The second kappa shape index (κ2) is 9.44. The van der Waals surface area contributed by atoms with E-state index >= 15 is 0 Å². The Labute approximate surface area is 78.3 Å². The molecule has 0 radical (unpaired) electrons. The number of aliphatic hydroxyl groups is 1. The van der Waals surface area contributed by atoms with Crippen molar-refractivity contribution in [2.45, 2.75) is 12.8 Å². The van der Waals surface area contributed by atoms with E-state index in [0.29, 0.717) is 26.2 Å². The van der Waals surface area contributed by atoms with Gasteiger partial charge in [0.25, 0.3) is 0 Å². The van der Waals surface area contributed by atoms with Crippen LogP contribution in [0.5, 0.6) is 0 Å². The molecule has 0 aliphatic carbocycles. The van der Waals surface area contributed by atoms with Crippen molar-refractivity contribution in [3.05, 3.63) is 0 Å². The van der Waals surface area contributed by atoms with Gasteiger partial charge in [-0.05, 0) is 13.0 Å². The van der Waals surface area contributed by atoms with Crippen LogP contribution in [-0.2, 0) is 9.53 Å². The Balaban J connectivity index is 2.87. The molecule has 0 aromatic rings. The van der Waals surface area contributed by atoms with E-state index in [0.717, 1.165) is 13.0 Å². The van der Waals surface area contributed by atoms with Gasteiger partial charge in [-0.25, -0.2) is 0 Å². The average molecular weight is 190 g/mol. The lowest BCUT2D eigenvalue weighted by Gasteiger charge is -2.03. The molecule has 13 heavy (non-hydrogen) atoms. The predicted octanol–water partition coefficient (Wildman–Crippen LogP) is -1.15.